The van der Waals surface area contributed by atoms with Crippen molar-refractivity contribution in [1.82, 2.24) is 4.90 Å². The Hall–Kier alpha value is -0.870. The van der Waals surface area contributed by atoms with Crippen molar-refractivity contribution < 1.29 is 4.79 Å². The van der Waals surface area contributed by atoms with E-state index in [1.54, 1.807) is 11.3 Å². The van der Waals surface area contributed by atoms with Gasteiger partial charge in [-0.2, -0.15) is 0 Å². The molecule has 100 valence electrons. The molecule has 3 nitrogen and oxygen atoms in total. The van der Waals surface area contributed by atoms with E-state index < -0.39 is 0 Å². The molecule has 0 spiro atoms. The van der Waals surface area contributed by atoms with Gasteiger partial charge in [0, 0.05) is 30.3 Å². The predicted octanol–water partition coefficient (Wildman–Crippen LogP) is 2.19. The fourth-order valence-electron chi connectivity index (χ4n) is 2.27. The molecular weight excluding hydrogens is 244 g/mol. The molecule has 1 amide bonds. The molecule has 0 aromatic carbocycles. The molecule has 18 heavy (non-hydrogen) atoms. The van der Waals surface area contributed by atoms with Gasteiger partial charge >= 0.3 is 0 Å². The average Bonchev–Trinajstić information content (AvgIpc) is 3.01. The normalized spacial score (nSPS) is 16.6. The Labute approximate surface area is 113 Å². The van der Waals surface area contributed by atoms with E-state index in [4.69, 9.17) is 5.73 Å². The highest BCUT2D eigenvalue weighted by Gasteiger charge is 2.42. The summed E-state index contributed by atoms with van der Waals surface area (Å²) < 4.78 is 0. The second kappa shape index (κ2) is 5.41. The van der Waals surface area contributed by atoms with E-state index in [0.29, 0.717) is 13.0 Å². The number of rotatable bonds is 6. The van der Waals surface area contributed by atoms with Gasteiger partial charge in [-0.15, -0.1) is 11.3 Å². The number of aryl methyl sites for hydroxylation is 2. The zero-order valence-electron chi connectivity index (χ0n) is 11.2. The third-order valence-corrected chi connectivity index (χ3v) is 5.01. The van der Waals surface area contributed by atoms with Crippen molar-refractivity contribution in [3.05, 3.63) is 21.9 Å². The lowest BCUT2D eigenvalue weighted by Crippen LogP contribution is -2.35. The maximum Gasteiger partial charge on any atom is 0.222 e. The Kier molecular flexibility index (Phi) is 4.07. The average molecular weight is 266 g/mol. The van der Waals surface area contributed by atoms with Crippen LogP contribution in [0.1, 0.15) is 29.7 Å². The van der Waals surface area contributed by atoms with Gasteiger partial charge < -0.3 is 10.6 Å². The molecular formula is C14H22N2OS. The molecule has 1 aliphatic carbocycles. The summed E-state index contributed by atoms with van der Waals surface area (Å²) in [5.74, 6) is 0.238. The minimum absolute atomic E-state index is 0.238. The fourth-order valence-corrected chi connectivity index (χ4v) is 3.18. The van der Waals surface area contributed by atoms with Crippen LogP contribution in [-0.4, -0.2) is 30.9 Å². The summed E-state index contributed by atoms with van der Waals surface area (Å²) in [4.78, 5) is 15.3. The summed E-state index contributed by atoms with van der Waals surface area (Å²) in [7, 11) is 1.90. The number of hydrogen-bond donors (Lipinski definition) is 1. The molecule has 2 rings (SSSR count). The highest BCUT2D eigenvalue weighted by Crippen LogP contribution is 2.44. The first-order valence-corrected chi connectivity index (χ1v) is 7.41. The van der Waals surface area contributed by atoms with Crippen LogP contribution in [0.3, 0.4) is 0 Å². The lowest BCUT2D eigenvalue weighted by atomic mass is 10.1. The number of nitrogens with zero attached hydrogens (tertiary/aromatic N) is 1. The van der Waals surface area contributed by atoms with Gasteiger partial charge in [0.15, 0.2) is 0 Å². The van der Waals surface area contributed by atoms with Crippen LogP contribution in [0, 0.1) is 12.3 Å². The van der Waals surface area contributed by atoms with Gasteiger partial charge in [0.05, 0.1) is 0 Å². The van der Waals surface area contributed by atoms with E-state index in [0.717, 1.165) is 13.0 Å². The minimum Gasteiger partial charge on any atom is -0.345 e. The number of nitrogens with two attached hydrogens (primary N) is 1. The molecule has 4 heteroatoms. The van der Waals surface area contributed by atoms with Crippen molar-refractivity contribution >= 4 is 17.2 Å². The number of thiophene rings is 1. The van der Waals surface area contributed by atoms with Crippen LogP contribution in [-0.2, 0) is 11.2 Å². The molecule has 1 aromatic heterocycles. The topological polar surface area (TPSA) is 46.3 Å². The van der Waals surface area contributed by atoms with Crippen LogP contribution in [0.25, 0.3) is 0 Å². The highest BCUT2D eigenvalue weighted by atomic mass is 32.1. The summed E-state index contributed by atoms with van der Waals surface area (Å²) in [5.41, 5.74) is 7.29. The highest BCUT2D eigenvalue weighted by molar-refractivity contribution is 7.10. The summed E-state index contributed by atoms with van der Waals surface area (Å²) in [5, 5.41) is 2.09. The second-order valence-corrected chi connectivity index (χ2v) is 6.48. The SMILES string of the molecule is Cc1ccsc1CCC(=O)N(C)CC1(CN)CC1. The van der Waals surface area contributed by atoms with Crippen molar-refractivity contribution in [3.8, 4) is 0 Å². The molecule has 0 bridgehead atoms. The van der Waals surface area contributed by atoms with E-state index in [1.165, 1.54) is 23.3 Å². The summed E-state index contributed by atoms with van der Waals surface area (Å²) in [6.07, 6.45) is 3.82. The van der Waals surface area contributed by atoms with Crippen LogP contribution in [0.15, 0.2) is 11.4 Å². The molecule has 1 fully saturated rings. The van der Waals surface area contributed by atoms with Gasteiger partial charge in [-0.1, -0.05) is 0 Å². The summed E-state index contributed by atoms with van der Waals surface area (Å²) in [6, 6.07) is 2.11. The largest absolute Gasteiger partial charge is 0.345 e. The van der Waals surface area contributed by atoms with E-state index in [2.05, 4.69) is 18.4 Å². The van der Waals surface area contributed by atoms with Gasteiger partial charge in [-0.3, -0.25) is 4.79 Å². The van der Waals surface area contributed by atoms with Crippen molar-refractivity contribution in [2.75, 3.05) is 20.1 Å². The lowest BCUT2D eigenvalue weighted by molar-refractivity contribution is -0.130. The Morgan fingerprint density at radius 3 is 2.78 bits per heavy atom. The molecule has 1 aromatic rings. The van der Waals surface area contributed by atoms with Gasteiger partial charge in [0.1, 0.15) is 0 Å². The third kappa shape index (κ3) is 3.12. The minimum atomic E-state index is 0.238. The van der Waals surface area contributed by atoms with Crippen LogP contribution in [0.4, 0.5) is 0 Å². The number of carbonyl (C=O) groups excluding carboxylic acids is 1. The van der Waals surface area contributed by atoms with Gasteiger partial charge in [0.25, 0.3) is 0 Å². The molecule has 1 heterocycles. The summed E-state index contributed by atoms with van der Waals surface area (Å²) in [6.45, 7) is 3.63. The maximum absolute atomic E-state index is 12.1. The van der Waals surface area contributed by atoms with E-state index in [-0.39, 0.29) is 11.3 Å². The van der Waals surface area contributed by atoms with E-state index in [9.17, 15) is 4.79 Å². The van der Waals surface area contributed by atoms with Crippen LogP contribution in [0.2, 0.25) is 0 Å². The first-order valence-electron chi connectivity index (χ1n) is 6.53. The summed E-state index contributed by atoms with van der Waals surface area (Å²) >= 11 is 1.74. The maximum atomic E-state index is 12.1. The van der Waals surface area contributed by atoms with E-state index in [1.807, 2.05) is 11.9 Å². The second-order valence-electron chi connectivity index (χ2n) is 5.48. The zero-order valence-corrected chi connectivity index (χ0v) is 12.1. The molecule has 0 aliphatic heterocycles. The molecule has 1 aliphatic rings. The standard InChI is InChI=1S/C14H22N2OS/c1-11-5-8-18-12(11)3-4-13(17)16(2)10-14(9-15)6-7-14/h5,8H,3-4,6-7,9-10,15H2,1-2H3. The number of amides is 1. The van der Waals surface area contributed by atoms with Gasteiger partial charge in [0.2, 0.25) is 5.91 Å². The Balaban J connectivity index is 1.79. The Bertz CT molecular complexity index is 423. The van der Waals surface area contributed by atoms with Crippen molar-refractivity contribution in [2.24, 2.45) is 11.1 Å². The first kappa shape index (κ1) is 13.6. The molecule has 2 N–H and O–H groups in total. The molecule has 0 unspecified atom stereocenters. The number of hydrogen-bond acceptors (Lipinski definition) is 3. The van der Waals surface area contributed by atoms with Crippen molar-refractivity contribution in [2.45, 2.75) is 32.6 Å². The lowest BCUT2D eigenvalue weighted by Gasteiger charge is -2.22. The fraction of sp³-hybridized carbons (Fsp3) is 0.643. The van der Waals surface area contributed by atoms with Crippen LogP contribution in [0.5, 0.6) is 0 Å². The Morgan fingerprint density at radius 2 is 2.28 bits per heavy atom. The molecule has 0 radical (unpaired) electrons. The van der Waals surface area contributed by atoms with Gasteiger partial charge in [-0.25, -0.2) is 0 Å². The molecule has 0 atom stereocenters. The quantitative estimate of drug-likeness (QED) is 0.858. The zero-order chi connectivity index (χ0) is 13.2. The third-order valence-electron chi connectivity index (χ3n) is 3.92. The van der Waals surface area contributed by atoms with Crippen molar-refractivity contribution in [3.63, 3.8) is 0 Å². The monoisotopic (exact) mass is 266 g/mol. The van der Waals surface area contributed by atoms with Crippen LogP contribution >= 0.6 is 11.3 Å². The molecule has 1 saturated carbocycles. The van der Waals surface area contributed by atoms with Crippen LogP contribution < -0.4 is 5.73 Å². The predicted molar refractivity (Wildman–Crippen MR) is 75.7 cm³/mol. The van der Waals surface area contributed by atoms with Gasteiger partial charge in [-0.05, 0) is 49.7 Å². The van der Waals surface area contributed by atoms with E-state index >= 15 is 0 Å². The smallest absolute Gasteiger partial charge is 0.222 e. The number of carbonyl (C=O) groups is 1. The first-order chi connectivity index (χ1) is 8.56. The molecule has 0 saturated heterocycles. The van der Waals surface area contributed by atoms with Crippen molar-refractivity contribution in [1.29, 1.82) is 0 Å². The Morgan fingerprint density at radius 1 is 1.56 bits per heavy atom.